The van der Waals surface area contributed by atoms with E-state index in [2.05, 4.69) is 28.8 Å². The molecule has 2 atom stereocenters. The molecule has 1 amide bonds. The molecule has 0 unspecified atom stereocenters. The summed E-state index contributed by atoms with van der Waals surface area (Å²) in [6.45, 7) is 6.14. The molecule has 0 aliphatic carbocycles. The summed E-state index contributed by atoms with van der Waals surface area (Å²) in [6, 6.07) is 0.951. The van der Waals surface area contributed by atoms with Crippen LogP contribution in [-0.2, 0) is 6.42 Å². The fourth-order valence-corrected chi connectivity index (χ4v) is 4.76. The van der Waals surface area contributed by atoms with E-state index in [-0.39, 0.29) is 5.91 Å². The van der Waals surface area contributed by atoms with E-state index in [1.807, 2.05) is 6.92 Å². The third-order valence-electron chi connectivity index (χ3n) is 4.92. The SMILES string of the molecule is CCc1nc(C)c(C(=O)N2CCC[C@H]2[C@H]2CCCN2C)s1. The van der Waals surface area contributed by atoms with Gasteiger partial charge in [-0.15, -0.1) is 11.3 Å². The summed E-state index contributed by atoms with van der Waals surface area (Å²) >= 11 is 1.58. The zero-order valence-corrected chi connectivity index (χ0v) is 14.1. The molecule has 2 saturated heterocycles. The minimum Gasteiger partial charge on any atom is -0.333 e. The minimum absolute atomic E-state index is 0.215. The van der Waals surface area contributed by atoms with Crippen molar-refractivity contribution in [1.82, 2.24) is 14.8 Å². The van der Waals surface area contributed by atoms with E-state index in [1.54, 1.807) is 11.3 Å². The number of aryl methyl sites for hydroxylation is 2. The smallest absolute Gasteiger partial charge is 0.266 e. The zero-order valence-electron chi connectivity index (χ0n) is 13.3. The lowest BCUT2D eigenvalue weighted by Crippen LogP contribution is -2.47. The molecule has 21 heavy (non-hydrogen) atoms. The first-order valence-electron chi connectivity index (χ1n) is 8.09. The highest BCUT2D eigenvalue weighted by atomic mass is 32.1. The number of nitrogens with zero attached hydrogens (tertiary/aromatic N) is 3. The summed E-state index contributed by atoms with van der Waals surface area (Å²) in [5.41, 5.74) is 0.910. The van der Waals surface area contributed by atoms with Crippen molar-refractivity contribution >= 4 is 17.2 Å². The van der Waals surface area contributed by atoms with Crippen molar-refractivity contribution in [3.63, 3.8) is 0 Å². The van der Waals surface area contributed by atoms with Crippen LogP contribution in [0.2, 0.25) is 0 Å². The van der Waals surface area contributed by atoms with Crippen LogP contribution in [0.5, 0.6) is 0 Å². The van der Waals surface area contributed by atoms with Crippen molar-refractivity contribution in [2.45, 2.75) is 58.0 Å². The molecular weight excluding hydrogens is 282 g/mol. The average molecular weight is 307 g/mol. The predicted octanol–water partition coefficient (Wildman–Crippen LogP) is 2.71. The molecule has 2 fully saturated rings. The van der Waals surface area contributed by atoms with Gasteiger partial charge in [-0.2, -0.15) is 0 Å². The monoisotopic (exact) mass is 307 g/mol. The zero-order chi connectivity index (χ0) is 15.0. The van der Waals surface area contributed by atoms with Crippen LogP contribution in [0.4, 0.5) is 0 Å². The molecule has 2 aliphatic rings. The molecule has 3 rings (SSSR count). The molecular formula is C16H25N3OS. The van der Waals surface area contributed by atoms with E-state index >= 15 is 0 Å². The Bertz CT molecular complexity index is 528. The van der Waals surface area contributed by atoms with Gasteiger partial charge in [-0.25, -0.2) is 4.98 Å². The second-order valence-corrected chi connectivity index (χ2v) is 7.36. The van der Waals surface area contributed by atoms with E-state index < -0.39 is 0 Å². The number of carbonyl (C=O) groups is 1. The number of hydrogen-bond donors (Lipinski definition) is 0. The van der Waals surface area contributed by atoms with E-state index in [1.165, 1.54) is 19.4 Å². The molecule has 116 valence electrons. The maximum atomic E-state index is 12.9. The van der Waals surface area contributed by atoms with Gasteiger partial charge in [0.15, 0.2) is 0 Å². The van der Waals surface area contributed by atoms with Gasteiger partial charge in [-0.05, 0) is 52.6 Å². The van der Waals surface area contributed by atoms with E-state index in [0.29, 0.717) is 12.1 Å². The Morgan fingerprint density at radius 1 is 1.29 bits per heavy atom. The van der Waals surface area contributed by atoms with Gasteiger partial charge in [0, 0.05) is 18.6 Å². The normalized spacial score (nSPS) is 26.7. The van der Waals surface area contributed by atoms with Crippen LogP contribution in [0.1, 0.15) is 53.0 Å². The molecule has 1 aromatic rings. The molecule has 0 radical (unpaired) electrons. The van der Waals surface area contributed by atoms with Gasteiger partial charge in [0.25, 0.3) is 5.91 Å². The van der Waals surface area contributed by atoms with Gasteiger partial charge >= 0.3 is 0 Å². The highest BCUT2D eigenvalue weighted by molar-refractivity contribution is 7.13. The lowest BCUT2D eigenvalue weighted by Gasteiger charge is -2.33. The highest BCUT2D eigenvalue weighted by Crippen LogP contribution is 2.31. The van der Waals surface area contributed by atoms with Crippen LogP contribution in [0.3, 0.4) is 0 Å². The van der Waals surface area contributed by atoms with Gasteiger partial charge in [0.1, 0.15) is 4.88 Å². The fourth-order valence-electron chi connectivity index (χ4n) is 3.80. The van der Waals surface area contributed by atoms with Crippen molar-refractivity contribution in [1.29, 1.82) is 0 Å². The van der Waals surface area contributed by atoms with E-state index in [9.17, 15) is 4.79 Å². The second kappa shape index (κ2) is 6.05. The highest BCUT2D eigenvalue weighted by Gasteiger charge is 2.39. The Balaban J connectivity index is 1.81. The van der Waals surface area contributed by atoms with E-state index in [0.717, 1.165) is 41.4 Å². The summed E-state index contributed by atoms with van der Waals surface area (Å²) in [5, 5.41) is 1.07. The predicted molar refractivity (Wildman–Crippen MR) is 85.9 cm³/mol. The first-order valence-corrected chi connectivity index (χ1v) is 8.91. The lowest BCUT2D eigenvalue weighted by atomic mass is 10.0. The van der Waals surface area contributed by atoms with Crippen molar-refractivity contribution in [3.05, 3.63) is 15.6 Å². The van der Waals surface area contributed by atoms with Gasteiger partial charge in [-0.3, -0.25) is 4.79 Å². The molecule has 0 bridgehead atoms. The molecule has 0 N–H and O–H groups in total. The fraction of sp³-hybridized carbons (Fsp3) is 0.750. The Morgan fingerprint density at radius 2 is 2.00 bits per heavy atom. The first kappa shape index (κ1) is 15.0. The molecule has 0 saturated carbocycles. The standard InChI is InChI=1S/C16H25N3OS/c1-4-14-17-11(2)15(21-14)16(20)19-10-6-8-13(19)12-7-5-9-18(12)3/h12-13H,4-10H2,1-3H3/t12-,13+/m1/s1. The molecule has 5 heteroatoms. The second-order valence-electron chi connectivity index (χ2n) is 6.27. The Labute approximate surface area is 131 Å². The minimum atomic E-state index is 0.215. The molecule has 4 nitrogen and oxygen atoms in total. The molecule has 1 aromatic heterocycles. The number of likely N-dealkylation sites (tertiary alicyclic amines) is 2. The third-order valence-corrected chi connectivity index (χ3v) is 6.21. The number of amides is 1. The molecule has 3 heterocycles. The summed E-state index contributed by atoms with van der Waals surface area (Å²) in [4.78, 5) is 22.9. The third kappa shape index (κ3) is 2.73. The topological polar surface area (TPSA) is 36.4 Å². The molecule has 2 aliphatic heterocycles. The van der Waals surface area contributed by atoms with Crippen LogP contribution in [0.25, 0.3) is 0 Å². The van der Waals surface area contributed by atoms with Gasteiger partial charge < -0.3 is 9.80 Å². The van der Waals surface area contributed by atoms with Crippen molar-refractivity contribution < 1.29 is 4.79 Å². The van der Waals surface area contributed by atoms with Crippen LogP contribution in [0, 0.1) is 6.92 Å². The quantitative estimate of drug-likeness (QED) is 0.861. The average Bonchev–Trinajstić information content (AvgIpc) is 3.16. The lowest BCUT2D eigenvalue weighted by molar-refractivity contribution is 0.0668. The molecule has 0 spiro atoms. The summed E-state index contributed by atoms with van der Waals surface area (Å²) < 4.78 is 0. The Hall–Kier alpha value is -0.940. The summed E-state index contributed by atoms with van der Waals surface area (Å²) in [5.74, 6) is 0.215. The largest absolute Gasteiger partial charge is 0.333 e. The number of carbonyl (C=O) groups excluding carboxylic acids is 1. The van der Waals surface area contributed by atoms with Crippen molar-refractivity contribution in [2.75, 3.05) is 20.1 Å². The molecule has 0 aromatic carbocycles. The number of aromatic nitrogens is 1. The number of likely N-dealkylation sites (N-methyl/N-ethyl adjacent to an activating group) is 1. The van der Waals surface area contributed by atoms with Gasteiger partial charge in [-0.1, -0.05) is 6.92 Å². The maximum Gasteiger partial charge on any atom is 0.266 e. The van der Waals surface area contributed by atoms with Crippen LogP contribution < -0.4 is 0 Å². The van der Waals surface area contributed by atoms with Gasteiger partial charge in [0.2, 0.25) is 0 Å². The van der Waals surface area contributed by atoms with Gasteiger partial charge in [0.05, 0.1) is 10.7 Å². The van der Waals surface area contributed by atoms with Crippen molar-refractivity contribution in [3.8, 4) is 0 Å². The van der Waals surface area contributed by atoms with E-state index in [4.69, 9.17) is 0 Å². The van der Waals surface area contributed by atoms with Crippen LogP contribution in [-0.4, -0.2) is 52.9 Å². The Morgan fingerprint density at radius 3 is 2.62 bits per heavy atom. The summed E-state index contributed by atoms with van der Waals surface area (Å²) in [7, 11) is 2.20. The first-order chi connectivity index (χ1) is 10.1. The van der Waals surface area contributed by atoms with Crippen LogP contribution >= 0.6 is 11.3 Å². The number of rotatable bonds is 3. The number of hydrogen-bond acceptors (Lipinski definition) is 4. The Kier molecular flexibility index (Phi) is 4.31. The number of thiazole rings is 1. The summed E-state index contributed by atoms with van der Waals surface area (Å²) in [6.07, 6.45) is 5.69. The van der Waals surface area contributed by atoms with Crippen LogP contribution in [0.15, 0.2) is 0 Å². The maximum absolute atomic E-state index is 12.9. The van der Waals surface area contributed by atoms with Crippen molar-refractivity contribution in [2.24, 2.45) is 0 Å².